The SMILES string of the molecule is CCc1nn(-c2ccccc2)c(Oc2ccc(F)cc2F)c1CN(C[C@@H]1CCCO1)C(=O)NC(C)C. The van der Waals surface area contributed by atoms with Crippen LogP contribution in [0.15, 0.2) is 48.5 Å². The molecular formula is C27H32F2N4O3. The summed E-state index contributed by atoms with van der Waals surface area (Å²) in [5.41, 5.74) is 2.08. The van der Waals surface area contributed by atoms with E-state index in [2.05, 4.69) is 5.32 Å². The molecule has 1 aromatic heterocycles. The summed E-state index contributed by atoms with van der Waals surface area (Å²) in [6.07, 6.45) is 2.33. The Hall–Kier alpha value is -3.46. The van der Waals surface area contributed by atoms with E-state index in [0.29, 0.717) is 36.5 Å². The van der Waals surface area contributed by atoms with E-state index < -0.39 is 11.6 Å². The van der Waals surface area contributed by atoms with Gasteiger partial charge in [-0.2, -0.15) is 5.10 Å². The quantitative estimate of drug-likeness (QED) is 0.417. The third-order valence-electron chi connectivity index (χ3n) is 5.95. The Morgan fingerprint density at radius 3 is 2.67 bits per heavy atom. The van der Waals surface area contributed by atoms with Crippen LogP contribution in [-0.4, -0.2) is 46.0 Å². The van der Waals surface area contributed by atoms with Crippen LogP contribution >= 0.6 is 0 Å². The topological polar surface area (TPSA) is 68.6 Å². The summed E-state index contributed by atoms with van der Waals surface area (Å²) in [4.78, 5) is 14.9. The van der Waals surface area contributed by atoms with Crippen LogP contribution in [0.1, 0.15) is 44.9 Å². The summed E-state index contributed by atoms with van der Waals surface area (Å²) in [5, 5.41) is 7.71. The van der Waals surface area contributed by atoms with Gasteiger partial charge in [-0.3, -0.25) is 0 Å². The molecule has 1 aliphatic rings. The van der Waals surface area contributed by atoms with Crippen molar-refractivity contribution in [3.05, 3.63) is 71.4 Å². The van der Waals surface area contributed by atoms with Crippen molar-refractivity contribution in [3.63, 3.8) is 0 Å². The molecule has 2 heterocycles. The lowest BCUT2D eigenvalue weighted by Crippen LogP contribution is -2.45. The van der Waals surface area contributed by atoms with Gasteiger partial charge < -0.3 is 19.7 Å². The zero-order valence-corrected chi connectivity index (χ0v) is 20.8. The summed E-state index contributed by atoms with van der Waals surface area (Å²) < 4.78 is 41.6. The molecule has 1 saturated heterocycles. The van der Waals surface area contributed by atoms with Gasteiger partial charge >= 0.3 is 6.03 Å². The Morgan fingerprint density at radius 1 is 1.25 bits per heavy atom. The number of nitrogens with one attached hydrogen (secondary N) is 1. The first-order valence-corrected chi connectivity index (χ1v) is 12.3. The molecule has 4 rings (SSSR count). The molecule has 1 aliphatic heterocycles. The predicted molar refractivity (Wildman–Crippen MR) is 132 cm³/mol. The van der Waals surface area contributed by atoms with Crippen LogP contribution in [0.5, 0.6) is 11.6 Å². The van der Waals surface area contributed by atoms with Crippen LogP contribution in [-0.2, 0) is 17.7 Å². The molecule has 2 amide bonds. The molecule has 192 valence electrons. The lowest BCUT2D eigenvalue weighted by atomic mass is 10.1. The summed E-state index contributed by atoms with van der Waals surface area (Å²) in [7, 11) is 0. The van der Waals surface area contributed by atoms with Crippen molar-refractivity contribution in [1.29, 1.82) is 0 Å². The van der Waals surface area contributed by atoms with Crippen LogP contribution in [0.3, 0.4) is 0 Å². The van der Waals surface area contributed by atoms with E-state index in [-0.39, 0.29) is 36.4 Å². The molecule has 0 radical (unpaired) electrons. The zero-order valence-electron chi connectivity index (χ0n) is 20.8. The molecule has 0 saturated carbocycles. The maximum absolute atomic E-state index is 14.6. The third-order valence-corrected chi connectivity index (χ3v) is 5.95. The van der Waals surface area contributed by atoms with Gasteiger partial charge in [-0.25, -0.2) is 18.3 Å². The lowest BCUT2D eigenvalue weighted by Gasteiger charge is -2.27. The highest BCUT2D eigenvalue weighted by molar-refractivity contribution is 5.74. The standard InChI is InChI=1S/C27H32F2N4O3/c1-4-24-22(17-32(27(34)30-18(2)3)16-21-11-8-14-35-21)26(33(31-24)20-9-6-5-7-10-20)36-25-13-12-19(28)15-23(25)29/h5-7,9-10,12-13,15,18,21H,4,8,11,14,16-17H2,1-3H3,(H,30,34)/t21-/m0/s1. The van der Waals surface area contributed by atoms with Crippen LogP contribution < -0.4 is 10.1 Å². The number of para-hydroxylation sites is 1. The molecule has 1 fully saturated rings. The normalized spacial score (nSPS) is 15.3. The third kappa shape index (κ3) is 6.02. The summed E-state index contributed by atoms with van der Waals surface area (Å²) in [5.74, 6) is -1.37. The number of urea groups is 1. The van der Waals surface area contributed by atoms with Gasteiger partial charge in [0, 0.05) is 25.3 Å². The van der Waals surface area contributed by atoms with Gasteiger partial charge in [0.1, 0.15) is 5.82 Å². The van der Waals surface area contributed by atoms with Crippen LogP contribution in [0.25, 0.3) is 5.69 Å². The molecule has 36 heavy (non-hydrogen) atoms. The maximum atomic E-state index is 14.6. The number of aryl methyl sites for hydroxylation is 1. The first kappa shape index (κ1) is 25.6. The minimum absolute atomic E-state index is 0.0498. The van der Waals surface area contributed by atoms with Gasteiger partial charge in [0.25, 0.3) is 0 Å². The molecule has 1 atom stereocenters. The number of amides is 2. The van der Waals surface area contributed by atoms with Crippen molar-refractivity contribution in [3.8, 4) is 17.3 Å². The van der Waals surface area contributed by atoms with Crippen molar-refractivity contribution in [1.82, 2.24) is 20.0 Å². The minimum atomic E-state index is -0.825. The van der Waals surface area contributed by atoms with Crippen molar-refractivity contribution in [2.75, 3.05) is 13.2 Å². The first-order chi connectivity index (χ1) is 17.4. The monoisotopic (exact) mass is 498 g/mol. The van der Waals surface area contributed by atoms with E-state index in [0.717, 1.165) is 25.0 Å². The average molecular weight is 499 g/mol. The number of hydrogen-bond acceptors (Lipinski definition) is 4. The van der Waals surface area contributed by atoms with Gasteiger partial charge in [0.05, 0.1) is 29.6 Å². The van der Waals surface area contributed by atoms with Crippen molar-refractivity contribution in [2.24, 2.45) is 0 Å². The molecule has 2 aromatic carbocycles. The lowest BCUT2D eigenvalue weighted by molar-refractivity contribution is 0.0788. The number of rotatable bonds is 9. The summed E-state index contributed by atoms with van der Waals surface area (Å²) in [6, 6.07) is 12.2. The van der Waals surface area contributed by atoms with Crippen molar-refractivity contribution in [2.45, 2.75) is 58.7 Å². The molecule has 0 unspecified atom stereocenters. The van der Waals surface area contributed by atoms with E-state index in [4.69, 9.17) is 14.6 Å². The highest BCUT2D eigenvalue weighted by Crippen LogP contribution is 2.34. The zero-order chi connectivity index (χ0) is 25.7. The number of ether oxygens (including phenoxy) is 2. The van der Waals surface area contributed by atoms with E-state index in [1.807, 2.05) is 51.1 Å². The highest BCUT2D eigenvalue weighted by Gasteiger charge is 2.28. The number of nitrogens with zero attached hydrogens (tertiary/aromatic N) is 3. The molecule has 7 nitrogen and oxygen atoms in total. The second kappa shape index (κ2) is 11.5. The fraction of sp³-hybridized carbons (Fsp3) is 0.407. The molecular weight excluding hydrogens is 466 g/mol. The fourth-order valence-corrected chi connectivity index (χ4v) is 4.21. The van der Waals surface area contributed by atoms with Crippen molar-refractivity contribution < 1.29 is 23.0 Å². The van der Waals surface area contributed by atoms with E-state index in [1.54, 1.807) is 9.58 Å². The second-order valence-corrected chi connectivity index (χ2v) is 9.13. The number of aromatic nitrogens is 2. The Kier molecular flexibility index (Phi) is 8.20. The second-order valence-electron chi connectivity index (χ2n) is 9.13. The molecule has 0 spiro atoms. The van der Waals surface area contributed by atoms with Crippen molar-refractivity contribution >= 4 is 6.03 Å². The minimum Gasteiger partial charge on any atom is -0.435 e. The summed E-state index contributed by atoms with van der Waals surface area (Å²) in [6.45, 7) is 7.03. The van der Waals surface area contributed by atoms with Gasteiger partial charge in [-0.05, 0) is 57.4 Å². The van der Waals surface area contributed by atoms with Gasteiger partial charge in [0.15, 0.2) is 11.6 Å². The fourth-order valence-electron chi connectivity index (χ4n) is 4.21. The van der Waals surface area contributed by atoms with E-state index in [1.165, 1.54) is 6.07 Å². The first-order valence-electron chi connectivity index (χ1n) is 12.3. The van der Waals surface area contributed by atoms with Crippen LogP contribution in [0.2, 0.25) is 0 Å². The van der Waals surface area contributed by atoms with Gasteiger partial charge in [-0.15, -0.1) is 0 Å². The Bertz CT molecular complexity index is 1180. The van der Waals surface area contributed by atoms with Gasteiger partial charge in [0.2, 0.25) is 5.88 Å². The number of benzene rings is 2. The number of carbonyl (C=O) groups excluding carboxylic acids is 1. The Balaban J connectivity index is 1.77. The largest absolute Gasteiger partial charge is 0.435 e. The molecule has 3 aromatic rings. The Morgan fingerprint density at radius 2 is 2.03 bits per heavy atom. The molecule has 0 aliphatic carbocycles. The number of carbonyl (C=O) groups is 1. The summed E-state index contributed by atoms with van der Waals surface area (Å²) >= 11 is 0. The number of hydrogen-bond donors (Lipinski definition) is 1. The molecule has 0 bridgehead atoms. The molecule has 9 heteroatoms. The average Bonchev–Trinajstić information content (AvgIpc) is 3.48. The van der Waals surface area contributed by atoms with Crippen LogP contribution in [0.4, 0.5) is 13.6 Å². The van der Waals surface area contributed by atoms with Gasteiger partial charge in [-0.1, -0.05) is 25.1 Å². The highest BCUT2D eigenvalue weighted by atomic mass is 19.1. The van der Waals surface area contributed by atoms with E-state index >= 15 is 0 Å². The van der Waals surface area contributed by atoms with E-state index in [9.17, 15) is 13.6 Å². The predicted octanol–water partition coefficient (Wildman–Crippen LogP) is 5.60. The Labute approximate surface area is 210 Å². The van der Waals surface area contributed by atoms with Crippen LogP contribution in [0, 0.1) is 11.6 Å². The number of halogens is 2. The molecule has 1 N–H and O–H groups in total. The smallest absolute Gasteiger partial charge is 0.317 e. The maximum Gasteiger partial charge on any atom is 0.317 e.